The maximum atomic E-state index is 10.2. The van der Waals surface area contributed by atoms with E-state index in [0.29, 0.717) is 0 Å². The predicted molar refractivity (Wildman–Crippen MR) is 151 cm³/mol. The minimum atomic E-state index is -0.192. The molecule has 0 radical (unpaired) electrons. The second-order valence-corrected chi connectivity index (χ2v) is 11.6. The number of hydrogen-bond acceptors (Lipinski definition) is 3. The van der Waals surface area contributed by atoms with Crippen LogP contribution in [0.15, 0.2) is 0 Å². The van der Waals surface area contributed by atoms with Gasteiger partial charge in [0.25, 0.3) is 0 Å². The highest BCUT2D eigenvalue weighted by Gasteiger charge is 2.08. The first-order valence-electron chi connectivity index (χ1n) is 15.1. The van der Waals surface area contributed by atoms with Gasteiger partial charge in [0.05, 0.1) is 12.2 Å². The van der Waals surface area contributed by atoms with Crippen LogP contribution in [0.2, 0.25) is 0 Å². The lowest BCUT2D eigenvalue weighted by molar-refractivity contribution is 0.179. The Morgan fingerprint density at radius 1 is 0.394 bits per heavy atom. The molecule has 0 fully saturated rings. The van der Waals surface area contributed by atoms with E-state index in [0.717, 1.165) is 37.2 Å². The van der Waals surface area contributed by atoms with Crippen LogP contribution in [0.5, 0.6) is 0 Å². The van der Waals surface area contributed by atoms with Crippen molar-refractivity contribution < 1.29 is 10.2 Å². The third kappa shape index (κ3) is 28.4. The number of hydrogen-bond donors (Lipinski definition) is 2. The predicted octanol–water partition coefficient (Wildman–Crippen LogP) is 9.84. The van der Waals surface area contributed by atoms with E-state index in [4.69, 9.17) is 0 Å². The first kappa shape index (κ1) is 33.3. The molecule has 0 rings (SSSR count). The van der Waals surface area contributed by atoms with E-state index in [1.54, 1.807) is 11.8 Å². The quantitative estimate of drug-likeness (QED) is 0.108. The molecule has 2 nitrogen and oxygen atoms in total. The Morgan fingerprint density at radius 2 is 0.636 bits per heavy atom. The fourth-order valence-electron chi connectivity index (χ4n) is 4.60. The first-order valence-corrected chi connectivity index (χ1v) is 16.3. The van der Waals surface area contributed by atoms with Gasteiger partial charge in [-0.1, -0.05) is 155 Å². The van der Waals surface area contributed by atoms with Gasteiger partial charge in [-0.15, -0.1) is 0 Å². The summed E-state index contributed by atoms with van der Waals surface area (Å²) in [5, 5.41) is 20.4. The maximum absolute atomic E-state index is 10.2. The van der Waals surface area contributed by atoms with Crippen LogP contribution in [0.25, 0.3) is 0 Å². The number of thioether (sulfide) groups is 1. The van der Waals surface area contributed by atoms with Crippen molar-refractivity contribution in [3.8, 4) is 0 Å². The highest BCUT2D eigenvalue weighted by molar-refractivity contribution is 7.99. The summed E-state index contributed by atoms with van der Waals surface area (Å²) >= 11 is 1.74. The minimum absolute atomic E-state index is 0.192. The second-order valence-electron chi connectivity index (χ2n) is 10.5. The molecule has 0 aliphatic carbocycles. The average Bonchev–Trinajstić information content (AvgIpc) is 2.81. The van der Waals surface area contributed by atoms with Crippen molar-refractivity contribution >= 4 is 11.8 Å². The van der Waals surface area contributed by atoms with E-state index in [-0.39, 0.29) is 12.2 Å². The number of aliphatic hydroxyl groups excluding tert-OH is 2. The molecule has 0 bridgehead atoms. The zero-order valence-corrected chi connectivity index (χ0v) is 23.7. The average molecular weight is 487 g/mol. The Morgan fingerprint density at radius 3 is 0.909 bits per heavy atom. The summed E-state index contributed by atoms with van der Waals surface area (Å²) in [6, 6.07) is 0. The molecule has 0 amide bonds. The van der Waals surface area contributed by atoms with Gasteiger partial charge in [0.1, 0.15) is 0 Å². The summed E-state index contributed by atoms with van der Waals surface area (Å²) in [7, 11) is 0. The van der Waals surface area contributed by atoms with Crippen molar-refractivity contribution in [1.82, 2.24) is 0 Å². The molecule has 0 aliphatic heterocycles. The van der Waals surface area contributed by atoms with E-state index >= 15 is 0 Å². The summed E-state index contributed by atoms with van der Waals surface area (Å²) in [5.74, 6) is 1.57. The van der Waals surface area contributed by atoms with Gasteiger partial charge in [-0.3, -0.25) is 0 Å². The Hall–Kier alpha value is 0.270. The van der Waals surface area contributed by atoms with E-state index < -0.39 is 0 Å². The van der Waals surface area contributed by atoms with Gasteiger partial charge in [-0.2, -0.15) is 11.8 Å². The molecule has 2 unspecified atom stereocenters. The summed E-state index contributed by atoms with van der Waals surface area (Å²) in [6.45, 7) is 4.55. The van der Waals surface area contributed by atoms with Crippen LogP contribution < -0.4 is 0 Å². The molecule has 2 N–H and O–H groups in total. The minimum Gasteiger partial charge on any atom is -0.392 e. The van der Waals surface area contributed by atoms with Gasteiger partial charge in [0.2, 0.25) is 0 Å². The van der Waals surface area contributed by atoms with Gasteiger partial charge in [0.15, 0.2) is 0 Å². The molecular weight excluding hydrogens is 424 g/mol. The Balaban J connectivity index is 3.27. The molecule has 3 heteroatoms. The van der Waals surface area contributed by atoms with Crippen molar-refractivity contribution in [1.29, 1.82) is 0 Å². The van der Waals surface area contributed by atoms with Gasteiger partial charge in [-0.25, -0.2) is 0 Å². The summed E-state index contributed by atoms with van der Waals surface area (Å²) < 4.78 is 0. The zero-order valence-electron chi connectivity index (χ0n) is 22.8. The van der Waals surface area contributed by atoms with E-state index in [2.05, 4.69) is 13.8 Å². The molecule has 0 spiro atoms. The largest absolute Gasteiger partial charge is 0.392 e. The van der Waals surface area contributed by atoms with E-state index in [9.17, 15) is 10.2 Å². The van der Waals surface area contributed by atoms with Crippen LogP contribution in [0.3, 0.4) is 0 Å². The molecule has 0 heterocycles. The van der Waals surface area contributed by atoms with E-state index in [1.807, 2.05) is 0 Å². The molecular formula is C30H62O2S. The molecule has 0 aromatic rings. The maximum Gasteiger partial charge on any atom is 0.0630 e. The van der Waals surface area contributed by atoms with Crippen LogP contribution in [-0.4, -0.2) is 33.9 Å². The molecule has 2 atom stereocenters. The summed E-state index contributed by atoms with van der Waals surface area (Å²) in [4.78, 5) is 0. The van der Waals surface area contributed by atoms with Crippen LogP contribution in [0, 0.1) is 0 Å². The number of aliphatic hydroxyl groups is 2. The summed E-state index contributed by atoms with van der Waals surface area (Å²) in [5.41, 5.74) is 0. The molecule has 0 saturated heterocycles. The van der Waals surface area contributed by atoms with Gasteiger partial charge in [-0.05, 0) is 12.8 Å². The lowest BCUT2D eigenvalue weighted by atomic mass is 10.0. The zero-order chi connectivity index (χ0) is 24.2. The van der Waals surface area contributed by atoms with E-state index in [1.165, 1.54) is 128 Å². The molecule has 0 aromatic heterocycles. The lowest BCUT2D eigenvalue weighted by Crippen LogP contribution is -2.14. The standard InChI is InChI=1S/C30H62O2S/c1-3-5-7-9-11-13-15-17-19-21-23-25-29(31)27-33-28-30(32)26-24-22-20-18-16-14-12-10-8-6-4-2/h29-32H,3-28H2,1-2H3. The normalized spacial score (nSPS) is 13.5. The fraction of sp³-hybridized carbons (Fsp3) is 1.00. The van der Waals surface area contributed by atoms with Gasteiger partial charge in [0, 0.05) is 11.5 Å². The Labute approximate surface area is 213 Å². The molecule has 200 valence electrons. The highest BCUT2D eigenvalue weighted by Crippen LogP contribution is 2.17. The van der Waals surface area contributed by atoms with Crippen molar-refractivity contribution in [3.63, 3.8) is 0 Å². The monoisotopic (exact) mass is 486 g/mol. The lowest BCUT2D eigenvalue weighted by Gasteiger charge is -2.13. The van der Waals surface area contributed by atoms with Crippen LogP contribution >= 0.6 is 11.8 Å². The SMILES string of the molecule is CCCCCCCCCCCCCC(O)CSCC(O)CCCCCCCCCCCCC. The molecule has 0 saturated carbocycles. The van der Waals surface area contributed by atoms with Crippen LogP contribution in [0.1, 0.15) is 168 Å². The molecule has 0 aromatic carbocycles. The third-order valence-corrected chi connectivity index (χ3v) is 8.14. The highest BCUT2D eigenvalue weighted by atomic mass is 32.2. The van der Waals surface area contributed by atoms with Crippen molar-refractivity contribution in [2.45, 2.75) is 180 Å². The van der Waals surface area contributed by atoms with Crippen LogP contribution in [-0.2, 0) is 0 Å². The molecule has 33 heavy (non-hydrogen) atoms. The summed E-state index contributed by atoms with van der Waals surface area (Å²) in [6.07, 6.45) is 31.3. The fourth-order valence-corrected chi connectivity index (χ4v) is 5.61. The van der Waals surface area contributed by atoms with Crippen molar-refractivity contribution in [3.05, 3.63) is 0 Å². The van der Waals surface area contributed by atoms with Gasteiger partial charge >= 0.3 is 0 Å². The van der Waals surface area contributed by atoms with Crippen molar-refractivity contribution in [2.75, 3.05) is 11.5 Å². The van der Waals surface area contributed by atoms with Gasteiger partial charge < -0.3 is 10.2 Å². The number of unbranched alkanes of at least 4 members (excludes halogenated alkanes) is 20. The molecule has 0 aliphatic rings. The Kier molecular flexibility index (Phi) is 28.7. The van der Waals surface area contributed by atoms with Crippen molar-refractivity contribution in [2.24, 2.45) is 0 Å². The first-order chi connectivity index (χ1) is 16.2. The smallest absolute Gasteiger partial charge is 0.0630 e. The number of rotatable bonds is 28. The second kappa shape index (κ2) is 28.5. The van der Waals surface area contributed by atoms with Crippen LogP contribution in [0.4, 0.5) is 0 Å². The Bertz CT molecular complexity index is 318. The third-order valence-electron chi connectivity index (χ3n) is 6.90. The topological polar surface area (TPSA) is 40.5 Å².